The molecule has 106 valence electrons. The van der Waals surface area contributed by atoms with Crippen molar-refractivity contribution >= 4 is 5.69 Å². The van der Waals surface area contributed by atoms with E-state index in [-0.39, 0.29) is 0 Å². The number of hydrogen-bond donors (Lipinski definition) is 1. The molecule has 2 heteroatoms. The van der Waals surface area contributed by atoms with Gasteiger partial charge in [0.05, 0.1) is 0 Å². The number of anilines is 1. The molecular weight excluding hydrogens is 232 g/mol. The zero-order valence-electron chi connectivity index (χ0n) is 12.9. The van der Waals surface area contributed by atoms with Gasteiger partial charge in [-0.15, -0.1) is 0 Å². The van der Waals surface area contributed by atoms with E-state index in [1.807, 2.05) is 0 Å². The molecule has 2 nitrogen and oxygen atoms in total. The van der Waals surface area contributed by atoms with E-state index < -0.39 is 0 Å². The van der Waals surface area contributed by atoms with Gasteiger partial charge in [-0.2, -0.15) is 0 Å². The van der Waals surface area contributed by atoms with Crippen molar-refractivity contribution in [3.05, 3.63) is 29.3 Å². The first kappa shape index (κ1) is 14.4. The Morgan fingerprint density at radius 3 is 2.53 bits per heavy atom. The molecule has 0 spiro atoms. The highest BCUT2D eigenvalue weighted by Crippen LogP contribution is 2.26. The Bertz CT molecular complexity index is 404. The van der Waals surface area contributed by atoms with Gasteiger partial charge in [0.1, 0.15) is 0 Å². The van der Waals surface area contributed by atoms with Crippen LogP contribution in [0.1, 0.15) is 44.7 Å². The lowest BCUT2D eigenvalue weighted by Gasteiger charge is -2.33. The molecule has 1 fully saturated rings. The Morgan fingerprint density at radius 1 is 1.26 bits per heavy atom. The van der Waals surface area contributed by atoms with E-state index in [1.54, 1.807) is 0 Å². The molecule has 19 heavy (non-hydrogen) atoms. The number of hydrogen-bond acceptors (Lipinski definition) is 2. The predicted octanol–water partition coefficient (Wildman–Crippen LogP) is 3.73. The Balaban J connectivity index is 2.02. The third kappa shape index (κ3) is 3.97. The molecule has 1 aromatic carbocycles. The van der Waals surface area contributed by atoms with Gasteiger partial charge in [-0.3, -0.25) is 0 Å². The summed E-state index contributed by atoms with van der Waals surface area (Å²) in [6.07, 6.45) is 2.66. The van der Waals surface area contributed by atoms with Crippen LogP contribution in [0.2, 0.25) is 0 Å². The third-order valence-corrected chi connectivity index (χ3v) is 4.10. The molecular formula is C17H28N2. The summed E-state index contributed by atoms with van der Waals surface area (Å²) in [5.41, 5.74) is 4.23. The second-order valence-corrected chi connectivity index (χ2v) is 6.33. The molecule has 0 amide bonds. The van der Waals surface area contributed by atoms with Crippen LogP contribution in [0.4, 0.5) is 5.69 Å². The largest absolute Gasteiger partial charge is 0.371 e. The summed E-state index contributed by atoms with van der Waals surface area (Å²) in [7, 11) is 0. The Kier molecular flexibility index (Phi) is 4.87. The molecule has 0 saturated carbocycles. The van der Waals surface area contributed by atoms with Gasteiger partial charge >= 0.3 is 0 Å². The van der Waals surface area contributed by atoms with E-state index >= 15 is 0 Å². The second-order valence-electron chi connectivity index (χ2n) is 6.33. The smallest absolute Gasteiger partial charge is 0.0396 e. The minimum absolute atomic E-state index is 0.545. The fourth-order valence-corrected chi connectivity index (χ4v) is 2.75. The van der Waals surface area contributed by atoms with Crippen LogP contribution < -0.4 is 10.2 Å². The van der Waals surface area contributed by atoms with Gasteiger partial charge in [0.15, 0.2) is 0 Å². The third-order valence-electron chi connectivity index (χ3n) is 4.10. The van der Waals surface area contributed by atoms with E-state index in [9.17, 15) is 0 Å². The number of benzene rings is 1. The Morgan fingerprint density at radius 2 is 1.95 bits per heavy atom. The lowest BCUT2D eigenvalue weighted by Crippen LogP contribution is -2.33. The summed E-state index contributed by atoms with van der Waals surface area (Å²) in [5, 5.41) is 3.48. The van der Waals surface area contributed by atoms with Crippen LogP contribution in [0.25, 0.3) is 0 Å². The monoisotopic (exact) mass is 260 g/mol. The zero-order valence-corrected chi connectivity index (χ0v) is 12.9. The molecule has 2 rings (SSSR count). The van der Waals surface area contributed by atoms with Crippen molar-refractivity contribution in [1.29, 1.82) is 0 Å². The summed E-state index contributed by atoms with van der Waals surface area (Å²) in [4.78, 5) is 2.55. The molecule has 1 heterocycles. The van der Waals surface area contributed by atoms with Crippen molar-refractivity contribution in [2.45, 2.75) is 53.1 Å². The van der Waals surface area contributed by atoms with Crippen molar-refractivity contribution < 1.29 is 0 Å². The van der Waals surface area contributed by atoms with Crippen molar-refractivity contribution in [2.75, 3.05) is 18.0 Å². The van der Waals surface area contributed by atoms with Crippen LogP contribution in [-0.4, -0.2) is 19.1 Å². The molecule has 1 N–H and O–H groups in total. The Labute approximate surface area is 118 Å². The highest BCUT2D eigenvalue weighted by Gasteiger charge is 2.17. The maximum absolute atomic E-state index is 3.48. The number of nitrogens with one attached hydrogen (secondary N) is 1. The highest BCUT2D eigenvalue weighted by atomic mass is 15.1. The Hall–Kier alpha value is -1.02. The van der Waals surface area contributed by atoms with Crippen LogP contribution in [0.15, 0.2) is 18.2 Å². The lowest BCUT2D eigenvalue weighted by atomic mass is 9.98. The van der Waals surface area contributed by atoms with Crippen molar-refractivity contribution in [1.82, 2.24) is 5.32 Å². The molecule has 0 atom stereocenters. The van der Waals surface area contributed by atoms with Crippen LogP contribution in [0.3, 0.4) is 0 Å². The molecule has 1 saturated heterocycles. The molecule has 0 bridgehead atoms. The van der Waals surface area contributed by atoms with Crippen molar-refractivity contribution in [2.24, 2.45) is 5.92 Å². The summed E-state index contributed by atoms with van der Waals surface area (Å²) in [5.74, 6) is 0.895. The van der Waals surface area contributed by atoms with Crippen LogP contribution >= 0.6 is 0 Å². The van der Waals surface area contributed by atoms with Crippen molar-refractivity contribution in [3.8, 4) is 0 Å². The number of rotatable bonds is 4. The minimum Gasteiger partial charge on any atom is -0.371 e. The minimum atomic E-state index is 0.545. The standard InChI is InChI=1S/C17H28N2/c1-13(2)18-12-16-5-6-17(15(4)11-16)19-9-7-14(3)8-10-19/h5-6,11,13-14,18H,7-10,12H2,1-4H3. The summed E-state index contributed by atoms with van der Waals surface area (Å²) >= 11 is 0. The maximum atomic E-state index is 3.48. The predicted molar refractivity (Wildman–Crippen MR) is 83.8 cm³/mol. The number of nitrogens with zero attached hydrogens (tertiary/aromatic N) is 1. The number of aryl methyl sites for hydroxylation is 1. The SMILES string of the molecule is Cc1cc(CNC(C)C)ccc1N1CCC(C)CC1. The topological polar surface area (TPSA) is 15.3 Å². The first-order valence-electron chi connectivity index (χ1n) is 7.64. The highest BCUT2D eigenvalue weighted by molar-refractivity contribution is 5.54. The normalized spacial score (nSPS) is 17.2. The molecule has 0 unspecified atom stereocenters. The van der Waals surface area contributed by atoms with Gasteiger partial charge in [-0.1, -0.05) is 32.9 Å². The van der Waals surface area contributed by atoms with E-state index in [1.165, 1.54) is 42.7 Å². The lowest BCUT2D eigenvalue weighted by molar-refractivity contribution is 0.438. The fraction of sp³-hybridized carbons (Fsp3) is 0.647. The molecule has 0 aliphatic carbocycles. The van der Waals surface area contributed by atoms with Gasteiger partial charge in [-0.05, 0) is 42.9 Å². The molecule has 0 radical (unpaired) electrons. The van der Waals surface area contributed by atoms with Crippen LogP contribution in [0, 0.1) is 12.8 Å². The van der Waals surface area contributed by atoms with Crippen LogP contribution in [0.5, 0.6) is 0 Å². The van der Waals surface area contributed by atoms with Gasteiger partial charge in [-0.25, -0.2) is 0 Å². The molecule has 1 aromatic rings. The van der Waals surface area contributed by atoms with Crippen LogP contribution in [-0.2, 0) is 6.54 Å². The van der Waals surface area contributed by atoms with Gasteiger partial charge in [0.2, 0.25) is 0 Å². The fourth-order valence-electron chi connectivity index (χ4n) is 2.75. The average molecular weight is 260 g/mol. The molecule has 1 aliphatic heterocycles. The van der Waals surface area contributed by atoms with E-state index in [2.05, 4.69) is 56.1 Å². The van der Waals surface area contributed by atoms with E-state index in [4.69, 9.17) is 0 Å². The zero-order chi connectivity index (χ0) is 13.8. The second kappa shape index (κ2) is 6.42. The molecule has 0 aromatic heterocycles. The maximum Gasteiger partial charge on any atom is 0.0396 e. The first-order valence-corrected chi connectivity index (χ1v) is 7.64. The van der Waals surface area contributed by atoms with Gasteiger partial charge in [0, 0.05) is 31.4 Å². The summed E-state index contributed by atoms with van der Waals surface area (Å²) in [6, 6.07) is 7.46. The summed E-state index contributed by atoms with van der Waals surface area (Å²) in [6.45, 7) is 12.4. The first-order chi connectivity index (χ1) is 9.06. The van der Waals surface area contributed by atoms with Crippen molar-refractivity contribution in [3.63, 3.8) is 0 Å². The van der Waals surface area contributed by atoms with E-state index in [0.29, 0.717) is 6.04 Å². The van der Waals surface area contributed by atoms with Gasteiger partial charge in [0.25, 0.3) is 0 Å². The molecule has 1 aliphatic rings. The average Bonchev–Trinajstić information content (AvgIpc) is 2.38. The summed E-state index contributed by atoms with van der Waals surface area (Å²) < 4.78 is 0. The number of piperidine rings is 1. The van der Waals surface area contributed by atoms with E-state index in [0.717, 1.165) is 12.5 Å². The van der Waals surface area contributed by atoms with Gasteiger partial charge < -0.3 is 10.2 Å². The quantitative estimate of drug-likeness (QED) is 0.887.